The monoisotopic (exact) mass is 557 g/mol. The zero-order valence-corrected chi connectivity index (χ0v) is 23.7. The van der Waals surface area contributed by atoms with E-state index in [0.29, 0.717) is 36.9 Å². The first-order chi connectivity index (χ1) is 20.4. The molecule has 7 heteroatoms. The largest absolute Gasteiger partial charge is 0.429 e. The molecule has 2 aliphatic rings. The van der Waals surface area contributed by atoms with E-state index in [1.54, 1.807) is 14.0 Å². The first-order valence-electron chi connectivity index (χ1n) is 14.0. The normalized spacial score (nSPS) is 18.8. The van der Waals surface area contributed by atoms with E-state index in [4.69, 9.17) is 9.73 Å². The van der Waals surface area contributed by atoms with Gasteiger partial charge in [-0.05, 0) is 29.7 Å². The van der Waals surface area contributed by atoms with Crippen molar-refractivity contribution in [2.75, 3.05) is 7.11 Å². The molecule has 7 nitrogen and oxygen atoms in total. The molecule has 1 unspecified atom stereocenters. The highest BCUT2D eigenvalue weighted by molar-refractivity contribution is 5.95. The lowest BCUT2D eigenvalue weighted by Crippen LogP contribution is -2.57. The van der Waals surface area contributed by atoms with Crippen LogP contribution in [-0.2, 0) is 30.0 Å². The number of rotatable bonds is 9. The van der Waals surface area contributed by atoms with Gasteiger partial charge in [-0.1, -0.05) is 103 Å². The molecule has 2 amide bonds. The Morgan fingerprint density at radius 3 is 2.02 bits per heavy atom. The third-order valence-electron chi connectivity index (χ3n) is 7.98. The van der Waals surface area contributed by atoms with Crippen LogP contribution in [0.2, 0.25) is 0 Å². The van der Waals surface area contributed by atoms with Crippen LogP contribution < -0.4 is 10.6 Å². The number of Topliss-reactive ketones (excluding diaryl/α,β-unsaturated/α-hetero) is 1. The Bertz CT molecular complexity index is 1660. The second-order valence-corrected chi connectivity index (χ2v) is 10.8. The van der Waals surface area contributed by atoms with E-state index in [-0.39, 0.29) is 16.3 Å². The standard InChI is InChI=1S/C35H32N4O3/c1-25(40)29-16-10-18-31(20-29)35(30-17-9-15-28(19-30)23-42-2)24-36-32-33(38-35)39(34(41)37-32,21-26-11-5-3-6-12-26)22-27-13-7-4-8-14-27/h3-20,24,38H,21-23H2,1-2H3/p+1. The van der Waals surface area contributed by atoms with E-state index in [1.807, 2.05) is 109 Å². The van der Waals surface area contributed by atoms with Gasteiger partial charge in [0.15, 0.2) is 5.78 Å². The topological polar surface area (TPSA) is 79.8 Å². The smallest absolute Gasteiger partial charge is 0.380 e. The minimum Gasteiger partial charge on any atom is -0.380 e. The number of nitrogens with zero attached hydrogens (tertiary/aromatic N) is 2. The van der Waals surface area contributed by atoms with Crippen LogP contribution in [0.15, 0.2) is 126 Å². The molecular formula is C35H33N4O3+. The fourth-order valence-corrected chi connectivity index (χ4v) is 5.88. The maximum atomic E-state index is 14.1. The summed E-state index contributed by atoms with van der Waals surface area (Å²) in [5, 5.41) is 6.89. The van der Waals surface area contributed by atoms with Crippen LogP contribution in [0.1, 0.15) is 45.1 Å². The summed E-state index contributed by atoms with van der Waals surface area (Å²) in [7, 11) is 1.67. The number of benzene rings is 4. The van der Waals surface area contributed by atoms with Gasteiger partial charge in [0.05, 0.1) is 6.61 Å². The number of carbonyl (C=O) groups is 2. The van der Waals surface area contributed by atoms with Crippen LogP contribution in [0.25, 0.3) is 0 Å². The van der Waals surface area contributed by atoms with Crippen molar-refractivity contribution in [1.82, 2.24) is 10.6 Å². The van der Waals surface area contributed by atoms with Crippen molar-refractivity contribution in [2.45, 2.75) is 32.2 Å². The molecule has 210 valence electrons. The van der Waals surface area contributed by atoms with Gasteiger partial charge in [-0.2, -0.15) is 4.48 Å². The van der Waals surface area contributed by atoms with Crippen molar-refractivity contribution in [1.29, 1.82) is 0 Å². The van der Waals surface area contributed by atoms with Crippen molar-refractivity contribution >= 4 is 18.0 Å². The first kappa shape index (κ1) is 27.3. The molecule has 4 aromatic carbocycles. The highest BCUT2D eigenvalue weighted by Gasteiger charge is 2.54. The molecule has 0 spiro atoms. The Kier molecular flexibility index (Phi) is 7.29. The number of aliphatic imine (C=N–C) groups is 1. The Morgan fingerprint density at radius 2 is 1.40 bits per heavy atom. The molecule has 0 saturated carbocycles. The zero-order chi connectivity index (χ0) is 29.2. The van der Waals surface area contributed by atoms with Crippen LogP contribution in [0.3, 0.4) is 0 Å². The van der Waals surface area contributed by atoms with Gasteiger partial charge in [-0.3, -0.25) is 10.1 Å². The predicted molar refractivity (Wildman–Crippen MR) is 162 cm³/mol. The van der Waals surface area contributed by atoms with Crippen molar-refractivity contribution in [3.8, 4) is 0 Å². The number of carbonyl (C=O) groups excluding carboxylic acids is 2. The van der Waals surface area contributed by atoms with Crippen molar-refractivity contribution in [3.63, 3.8) is 0 Å². The molecule has 2 N–H and O–H groups in total. The molecule has 0 bridgehead atoms. The quantitative estimate of drug-likeness (QED) is 0.195. The molecule has 0 aromatic heterocycles. The molecule has 4 aromatic rings. The zero-order valence-electron chi connectivity index (χ0n) is 23.7. The van der Waals surface area contributed by atoms with Gasteiger partial charge in [-0.25, -0.2) is 9.79 Å². The summed E-state index contributed by atoms with van der Waals surface area (Å²) in [6, 6.07) is 35.7. The molecule has 6 rings (SSSR count). The van der Waals surface area contributed by atoms with Gasteiger partial charge in [-0.15, -0.1) is 0 Å². The Hall–Kier alpha value is -4.85. The second kappa shape index (κ2) is 11.2. The summed E-state index contributed by atoms with van der Waals surface area (Å²) in [6.07, 6.45) is 1.84. The van der Waals surface area contributed by atoms with Gasteiger partial charge >= 0.3 is 6.03 Å². The summed E-state index contributed by atoms with van der Waals surface area (Å²) in [5.74, 6) is 1.16. The van der Waals surface area contributed by atoms with E-state index in [9.17, 15) is 9.59 Å². The van der Waals surface area contributed by atoms with Crippen molar-refractivity contribution in [2.24, 2.45) is 4.99 Å². The van der Waals surface area contributed by atoms with Gasteiger partial charge in [0, 0.05) is 30.0 Å². The summed E-state index contributed by atoms with van der Waals surface area (Å²) < 4.78 is 5.42. The molecule has 2 heterocycles. The van der Waals surface area contributed by atoms with E-state index in [2.05, 4.69) is 16.7 Å². The van der Waals surface area contributed by atoms with Crippen molar-refractivity contribution < 1.29 is 18.8 Å². The molecular weight excluding hydrogens is 524 g/mol. The number of hydrogen-bond donors (Lipinski definition) is 2. The Morgan fingerprint density at radius 1 is 0.810 bits per heavy atom. The SMILES string of the molecule is COCc1cccc(C2(c3cccc(C(C)=O)c3)C=NC3=C(N2)[N+](Cc2ccccc2)(Cc2ccccc2)C(=O)N3)c1. The van der Waals surface area contributed by atoms with Crippen molar-refractivity contribution in [3.05, 3.63) is 154 Å². The highest BCUT2D eigenvalue weighted by Crippen LogP contribution is 2.40. The van der Waals surface area contributed by atoms with Gasteiger partial charge < -0.3 is 10.1 Å². The van der Waals surface area contributed by atoms with E-state index >= 15 is 0 Å². The Labute approximate surface area is 245 Å². The number of quaternary nitrogens is 1. The summed E-state index contributed by atoms with van der Waals surface area (Å²) in [5.41, 5.74) is 4.46. The molecule has 0 aliphatic carbocycles. The van der Waals surface area contributed by atoms with Gasteiger partial charge in [0.25, 0.3) is 5.82 Å². The number of methoxy groups -OCH3 is 1. The van der Waals surface area contributed by atoms with E-state index in [0.717, 1.165) is 27.8 Å². The number of amides is 2. The average Bonchev–Trinajstić information content (AvgIpc) is 3.27. The third-order valence-corrected chi connectivity index (χ3v) is 7.98. The van der Waals surface area contributed by atoms with E-state index < -0.39 is 5.54 Å². The second-order valence-electron chi connectivity index (χ2n) is 10.8. The fraction of sp³-hybridized carbons (Fsp3) is 0.171. The number of nitrogens with one attached hydrogen (secondary N) is 2. The maximum absolute atomic E-state index is 14.1. The Balaban J connectivity index is 1.54. The summed E-state index contributed by atoms with van der Waals surface area (Å²) >= 11 is 0. The average molecular weight is 558 g/mol. The predicted octanol–water partition coefficient (Wildman–Crippen LogP) is 6.02. The maximum Gasteiger partial charge on any atom is 0.429 e. The van der Waals surface area contributed by atoms with Crippen LogP contribution in [-0.4, -0.2) is 29.6 Å². The van der Waals surface area contributed by atoms with Crippen LogP contribution in [0.5, 0.6) is 0 Å². The molecule has 0 saturated heterocycles. The lowest BCUT2D eigenvalue weighted by molar-refractivity contribution is -0.839. The first-order valence-corrected chi connectivity index (χ1v) is 14.0. The number of ketones is 1. The lowest BCUT2D eigenvalue weighted by Gasteiger charge is -2.40. The summed E-state index contributed by atoms with van der Waals surface area (Å²) in [6.45, 7) is 2.87. The molecule has 1 atom stereocenters. The van der Waals surface area contributed by atoms with Gasteiger partial charge in [0.2, 0.25) is 5.82 Å². The highest BCUT2D eigenvalue weighted by atomic mass is 16.5. The third kappa shape index (κ3) is 4.93. The summed E-state index contributed by atoms with van der Waals surface area (Å²) in [4.78, 5) is 31.4. The molecule has 2 aliphatic heterocycles. The fourth-order valence-electron chi connectivity index (χ4n) is 5.88. The molecule has 0 fully saturated rings. The minimum absolute atomic E-state index is 0.0212. The van der Waals surface area contributed by atoms with Crippen LogP contribution >= 0.6 is 0 Å². The number of ether oxygens (including phenoxy) is 1. The molecule has 42 heavy (non-hydrogen) atoms. The van der Waals surface area contributed by atoms with Gasteiger partial charge in [0.1, 0.15) is 18.6 Å². The van der Waals surface area contributed by atoms with Crippen LogP contribution in [0.4, 0.5) is 4.79 Å². The lowest BCUT2D eigenvalue weighted by atomic mass is 9.81. The molecule has 0 radical (unpaired) electrons. The number of urea groups is 1. The van der Waals surface area contributed by atoms with E-state index in [1.165, 1.54) is 0 Å². The minimum atomic E-state index is -0.961. The van der Waals surface area contributed by atoms with Crippen LogP contribution in [0, 0.1) is 0 Å². The number of hydrogen-bond acceptors (Lipinski definition) is 5.